The molecular weight excluding hydrogens is 172 g/mol. The van der Waals surface area contributed by atoms with Crippen molar-refractivity contribution < 1.29 is 0 Å². The van der Waals surface area contributed by atoms with Crippen molar-refractivity contribution in [1.82, 2.24) is 0 Å². The second-order valence-corrected chi connectivity index (χ2v) is 3.84. The number of hydrogen-bond acceptors (Lipinski definition) is 2. The van der Waals surface area contributed by atoms with Gasteiger partial charge in [-0.25, -0.2) is 0 Å². The van der Waals surface area contributed by atoms with Gasteiger partial charge < -0.3 is 10.6 Å². The average molecular weight is 188 g/mol. The molecule has 1 fully saturated rings. The van der Waals surface area contributed by atoms with E-state index in [9.17, 15) is 0 Å². The summed E-state index contributed by atoms with van der Waals surface area (Å²) < 4.78 is 0. The molecule has 1 aliphatic rings. The van der Waals surface area contributed by atoms with Crippen LogP contribution in [0.3, 0.4) is 0 Å². The van der Waals surface area contributed by atoms with Crippen LogP contribution < -0.4 is 10.6 Å². The summed E-state index contributed by atoms with van der Waals surface area (Å²) in [4.78, 5) is 2.36. The molecule has 2 heteroatoms. The lowest BCUT2D eigenvalue weighted by molar-refractivity contribution is 0.684. The third kappa shape index (κ3) is 1.74. The first-order chi connectivity index (χ1) is 6.77. The molecule has 1 aromatic rings. The van der Waals surface area contributed by atoms with E-state index in [-0.39, 0.29) is 0 Å². The van der Waals surface area contributed by atoms with Gasteiger partial charge in [0.1, 0.15) is 0 Å². The summed E-state index contributed by atoms with van der Waals surface area (Å²) in [6.07, 6.45) is 1.13. The molecule has 2 N–H and O–H groups in total. The molecule has 1 atom stereocenters. The molecule has 74 valence electrons. The molecule has 0 bridgehead atoms. The highest BCUT2D eigenvalue weighted by Crippen LogP contribution is 2.25. The number of nitrogens with two attached hydrogens (primary N) is 1. The van der Waals surface area contributed by atoms with Gasteiger partial charge >= 0.3 is 0 Å². The molecule has 0 saturated carbocycles. The molecular formula is C12H16N2. The summed E-state index contributed by atoms with van der Waals surface area (Å²) in [5.74, 6) is 0.468. The van der Waals surface area contributed by atoms with E-state index in [2.05, 4.69) is 35.7 Å². The second kappa shape index (κ2) is 3.74. The molecule has 1 aromatic carbocycles. The Kier molecular flexibility index (Phi) is 2.44. The molecule has 1 heterocycles. The summed E-state index contributed by atoms with van der Waals surface area (Å²) in [6, 6.07) is 10.5. The van der Waals surface area contributed by atoms with E-state index in [4.69, 9.17) is 5.73 Å². The van der Waals surface area contributed by atoms with Crippen molar-refractivity contribution >= 4 is 5.69 Å². The number of nitrogens with zero attached hydrogens (tertiary/aromatic N) is 1. The number of hydrogen-bond donors (Lipinski definition) is 1. The highest BCUT2D eigenvalue weighted by Gasteiger charge is 2.23. The van der Waals surface area contributed by atoms with Crippen LogP contribution in [0.25, 0.3) is 0 Å². The lowest BCUT2D eigenvalue weighted by Crippen LogP contribution is -2.21. The molecule has 14 heavy (non-hydrogen) atoms. The number of para-hydroxylation sites is 1. The van der Waals surface area contributed by atoms with Gasteiger partial charge in [0.2, 0.25) is 0 Å². The van der Waals surface area contributed by atoms with E-state index in [1.807, 2.05) is 6.07 Å². The Bertz CT molecular complexity index is 318. The summed E-state index contributed by atoms with van der Waals surface area (Å²) in [5.41, 5.74) is 7.83. The number of benzene rings is 1. The monoisotopic (exact) mass is 188 g/mol. The Morgan fingerprint density at radius 1 is 1.36 bits per heavy atom. The van der Waals surface area contributed by atoms with Gasteiger partial charge in [-0.05, 0) is 18.6 Å². The van der Waals surface area contributed by atoms with Gasteiger partial charge in [0, 0.05) is 30.4 Å². The SMILES string of the molecule is C=C(N)C1CCN(c2ccccc2)C1. The van der Waals surface area contributed by atoms with Crippen LogP contribution in [-0.4, -0.2) is 13.1 Å². The number of rotatable bonds is 2. The zero-order chi connectivity index (χ0) is 9.97. The van der Waals surface area contributed by atoms with Gasteiger partial charge in [-0.15, -0.1) is 0 Å². The zero-order valence-electron chi connectivity index (χ0n) is 8.32. The Morgan fingerprint density at radius 3 is 2.64 bits per heavy atom. The molecule has 1 unspecified atom stereocenters. The standard InChI is InChI=1S/C12H16N2/c1-10(13)11-7-8-14(9-11)12-5-3-2-4-6-12/h2-6,11H,1,7-9,13H2. The summed E-state index contributed by atoms with van der Waals surface area (Å²) in [6.45, 7) is 5.92. The molecule has 2 rings (SSSR count). The lowest BCUT2D eigenvalue weighted by atomic mass is 10.1. The van der Waals surface area contributed by atoms with Crippen molar-refractivity contribution in [2.24, 2.45) is 11.7 Å². The zero-order valence-corrected chi connectivity index (χ0v) is 8.32. The van der Waals surface area contributed by atoms with Crippen LogP contribution in [0.2, 0.25) is 0 Å². The van der Waals surface area contributed by atoms with Crippen molar-refractivity contribution in [3.05, 3.63) is 42.6 Å². The van der Waals surface area contributed by atoms with Crippen LogP contribution in [0, 0.1) is 5.92 Å². The third-order valence-corrected chi connectivity index (χ3v) is 2.83. The maximum Gasteiger partial charge on any atom is 0.0366 e. The highest BCUT2D eigenvalue weighted by molar-refractivity contribution is 5.47. The quantitative estimate of drug-likeness (QED) is 0.769. The minimum absolute atomic E-state index is 0.468. The Labute approximate surface area is 85.0 Å². The van der Waals surface area contributed by atoms with E-state index >= 15 is 0 Å². The molecule has 0 radical (unpaired) electrons. The summed E-state index contributed by atoms with van der Waals surface area (Å²) in [7, 11) is 0. The first-order valence-corrected chi connectivity index (χ1v) is 5.01. The smallest absolute Gasteiger partial charge is 0.0366 e. The fraction of sp³-hybridized carbons (Fsp3) is 0.333. The predicted molar refractivity (Wildman–Crippen MR) is 60.1 cm³/mol. The van der Waals surface area contributed by atoms with Crippen LogP contribution in [0.5, 0.6) is 0 Å². The Hall–Kier alpha value is -1.44. The van der Waals surface area contributed by atoms with E-state index in [0.29, 0.717) is 5.92 Å². The summed E-state index contributed by atoms with van der Waals surface area (Å²) >= 11 is 0. The maximum absolute atomic E-state index is 5.72. The van der Waals surface area contributed by atoms with Gasteiger partial charge in [-0.3, -0.25) is 0 Å². The normalized spacial score (nSPS) is 21.1. The van der Waals surface area contributed by atoms with Crippen molar-refractivity contribution in [2.45, 2.75) is 6.42 Å². The molecule has 0 amide bonds. The van der Waals surface area contributed by atoms with Gasteiger partial charge in [-0.2, -0.15) is 0 Å². The first kappa shape index (κ1) is 9.13. The first-order valence-electron chi connectivity index (χ1n) is 5.01. The molecule has 2 nitrogen and oxygen atoms in total. The topological polar surface area (TPSA) is 29.3 Å². The average Bonchev–Trinajstić information content (AvgIpc) is 2.68. The van der Waals surface area contributed by atoms with Gasteiger partial charge in [0.15, 0.2) is 0 Å². The van der Waals surface area contributed by atoms with E-state index in [0.717, 1.165) is 25.2 Å². The largest absolute Gasteiger partial charge is 0.402 e. The Balaban J connectivity index is 2.06. The van der Waals surface area contributed by atoms with E-state index < -0.39 is 0 Å². The van der Waals surface area contributed by atoms with E-state index in [1.54, 1.807) is 0 Å². The van der Waals surface area contributed by atoms with Crippen molar-refractivity contribution in [2.75, 3.05) is 18.0 Å². The fourth-order valence-electron chi connectivity index (χ4n) is 1.94. The van der Waals surface area contributed by atoms with Gasteiger partial charge in [0.25, 0.3) is 0 Å². The van der Waals surface area contributed by atoms with Crippen LogP contribution in [-0.2, 0) is 0 Å². The second-order valence-electron chi connectivity index (χ2n) is 3.84. The Morgan fingerprint density at radius 2 is 2.07 bits per heavy atom. The van der Waals surface area contributed by atoms with E-state index in [1.165, 1.54) is 5.69 Å². The summed E-state index contributed by atoms with van der Waals surface area (Å²) in [5, 5.41) is 0. The van der Waals surface area contributed by atoms with Crippen molar-refractivity contribution in [1.29, 1.82) is 0 Å². The van der Waals surface area contributed by atoms with Crippen LogP contribution >= 0.6 is 0 Å². The predicted octanol–water partition coefficient (Wildman–Crippen LogP) is 1.99. The highest BCUT2D eigenvalue weighted by atomic mass is 15.2. The fourth-order valence-corrected chi connectivity index (χ4v) is 1.94. The van der Waals surface area contributed by atoms with Crippen LogP contribution in [0.1, 0.15) is 6.42 Å². The third-order valence-electron chi connectivity index (χ3n) is 2.83. The number of anilines is 1. The minimum Gasteiger partial charge on any atom is -0.402 e. The maximum atomic E-state index is 5.72. The molecule has 0 aromatic heterocycles. The molecule has 1 saturated heterocycles. The molecule has 0 spiro atoms. The minimum atomic E-state index is 0.468. The molecule has 0 aliphatic carbocycles. The van der Waals surface area contributed by atoms with Crippen molar-refractivity contribution in [3.63, 3.8) is 0 Å². The van der Waals surface area contributed by atoms with Crippen LogP contribution in [0.4, 0.5) is 5.69 Å². The van der Waals surface area contributed by atoms with Gasteiger partial charge in [0.05, 0.1) is 0 Å². The van der Waals surface area contributed by atoms with Gasteiger partial charge in [-0.1, -0.05) is 24.8 Å². The van der Waals surface area contributed by atoms with Crippen LogP contribution in [0.15, 0.2) is 42.6 Å². The van der Waals surface area contributed by atoms with Crippen molar-refractivity contribution in [3.8, 4) is 0 Å². The molecule has 1 aliphatic heterocycles. The lowest BCUT2D eigenvalue weighted by Gasteiger charge is -2.18.